The van der Waals surface area contributed by atoms with Gasteiger partial charge in [0.15, 0.2) is 0 Å². The van der Waals surface area contributed by atoms with Crippen molar-refractivity contribution in [1.29, 1.82) is 0 Å². The van der Waals surface area contributed by atoms with Crippen molar-refractivity contribution in [2.24, 2.45) is 5.10 Å². The van der Waals surface area contributed by atoms with Crippen molar-refractivity contribution < 1.29 is 17.9 Å². The van der Waals surface area contributed by atoms with Gasteiger partial charge in [-0.1, -0.05) is 42.5 Å². The number of nitrogens with zero attached hydrogens (tertiary/aromatic N) is 3. The standard InChI is InChI=1S/C26H30N4O4S/c1-29(2)23-11-9-22(10-12-23)19-27-28-26(31)20-30(18-17-21-7-5-4-6-8-21)35(32,33)25-15-13-24(34-3)14-16-25/h4-16,19H,17-18,20H2,1-3H3,(H,28,31). The smallest absolute Gasteiger partial charge is 0.255 e. The molecule has 0 heterocycles. The molecule has 0 radical (unpaired) electrons. The normalized spacial score (nSPS) is 11.5. The highest BCUT2D eigenvalue weighted by Gasteiger charge is 2.26. The lowest BCUT2D eigenvalue weighted by Gasteiger charge is -2.21. The van der Waals surface area contributed by atoms with E-state index in [1.807, 2.05) is 73.6 Å². The predicted octanol–water partition coefficient (Wildman–Crippen LogP) is 3.14. The molecule has 8 nitrogen and oxygen atoms in total. The fraction of sp³-hybridized carbons (Fsp3) is 0.231. The summed E-state index contributed by atoms with van der Waals surface area (Å²) in [6.45, 7) is -0.223. The summed E-state index contributed by atoms with van der Waals surface area (Å²) in [7, 11) is 1.49. The molecule has 0 aliphatic heterocycles. The molecule has 1 N–H and O–H groups in total. The van der Waals surface area contributed by atoms with E-state index in [4.69, 9.17) is 4.74 Å². The monoisotopic (exact) mass is 494 g/mol. The summed E-state index contributed by atoms with van der Waals surface area (Å²) < 4.78 is 33.0. The molecule has 3 rings (SSSR count). The van der Waals surface area contributed by atoms with Crippen LogP contribution in [0.2, 0.25) is 0 Å². The number of nitrogens with one attached hydrogen (secondary N) is 1. The number of amides is 1. The number of methoxy groups -OCH3 is 1. The molecule has 0 saturated heterocycles. The minimum absolute atomic E-state index is 0.0867. The molecule has 35 heavy (non-hydrogen) atoms. The third-order valence-corrected chi connectivity index (χ3v) is 7.18. The van der Waals surface area contributed by atoms with Crippen LogP contribution < -0.4 is 15.1 Å². The van der Waals surface area contributed by atoms with Crippen LogP contribution in [-0.4, -0.2) is 59.1 Å². The highest BCUT2D eigenvalue weighted by molar-refractivity contribution is 7.89. The topological polar surface area (TPSA) is 91.3 Å². The van der Waals surface area contributed by atoms with E-state index in [1.165, 1.54) is 29.8 Å². The van der Waals surface area contributed by atoms with E-state index in [1.54, 1.807) is 12.1 Å². The summed E-state index contributed by atoms with van der Waals surface area (Å²) >= 11 is 0. The number of benzene rings is 3. The zero-order valence-electron chi connectivity index (χ0n) is 20.1. The second-order valence-corrected chi connectivity index (χ2v) is 9.97. The van der Waals surface area contributed by atoms with Crippen molar-refractivity contribution in [2.45, 2.75) is 11.3 Å². The first-order chi connectivity index (χ1) is 16.8. The van der Waals surface area contributed by atoms with E-state index >= 15 is 0 Å². The molecule has 0 aromatic heterocycles. The molecule has 3 aromatic carbocycles. The number of rotatable bonds is 11. The molecule has 0 fully saturated rings. The van der Waals surface area contributed by atoms with E-state index in [0.717, 1.165) is 16.8 Å². The Morgan fingerprint density at radius 1 is 0.971 bits per heavy atom. The Kier molecular flexibility index (Phi) is 8.99. The fourth-order valence-electron chi connectivity index (χ4n) is 3.31. The minimum Gasteiger partial charge on any atom is -0.497 e. The zero-order chi connectivity index (χ0) is 25.3. The number of hydrogen-bond acceptors (Lipinski definition) is 6. The maximum absolute atomic E-state index is 13.3. The first kappa shape index (κ1) is 25.9. The van der Waals surface area contributed by atoms with Crippen LogP contribution in [0.4, 0.5) is 5.69 Å². The summed E-state index contributed by atoms with van der Waals surface area (Å²) in [4.78, 5) is 14.7. The van der Waals surface area contributed by atoms with E-state index < -0.39 is 15.9 Å². The Balaban J connectivity index is 1.71. The second kappa shape index (κ2) is 12.1. The lowest BCUT2D eigenvalue weighted by molar-refractivity contribution is -0.121. The number of sulfonamides is 1. The van der Waals surface area contributed by atoms with Crippen molar-refractivity contribution in [3.05, 3.63) is 90.0 Å². The lowest BCUT2D eigenvalue weighted by Crippen LogP contribution is -2.40. The van der Waals surface area contributed by atoms with Crippen LogP contribution in [0.5, 0.6) is 5.75 Å². The van der Waals surface area contributed by atoms with Gasteiger partial charge in [-0.2, -0.15) is 9.41 Å². The molecule has 0 saturated carbocycles. The van der Waals surface area contributed by atoms with Gasteiger partial charge in [0.2, 0.25) is 10.0 Å². The van der Waals surface area contributed by atoms with Gasteiger partial charge in [0.1, 0.15) is 5.75 Å². The largest absolute Gasteiger partial charge is 0.497 e. The van der Waals surface area contributed by atoms with Crippen LogP contribution in [0.15, 0.2) is 88.9 Å². The number of carbonyl (C=O) groups is 1. The highest BCUT2D eigenvalue weighted by Crippen LogP contribution is 2.20. The Bertz CT molecular complexity index is 1230. The highest BCUT2D eigenvalue weighted by atomic mass is 32.2. The minimum atomic E-state index is -3.92. The molecule has 0 aliphatic rings. The van der Waals surface area contributed by atoms with Gasteiger partial charge >= 0.3 is 0 Å². The maximum Gasteiger partial charge on any atom is 0.255 e. The molecule has 0 spiro atoms. The number of anilines is 1. The van der Waals surface area contributed by atoms with E-state index in [2.05, 4.69) is 10.5 Å². The Morgan fingerprint density at radius 2 is 1.63 bits per heavy atom. The predicted molar refractivity (Wildman–Crippen MR) is 138 cm³/mol. The third kappa shape index (κ3) is 7.40. The average molecular weight is 495 g/mol. The van der Waals surface area contributed by atoms with Crippen LogP contribution in [0.25, 0.3) is 0 Å². The number of carbonyl (C=O) groups excluding carboxylic acids is 1. The third-order valence-electron chi connectivity index (χ3n) is 5.32. The van der Waals surface area contributed by atoms with Crippen molar-refractivity contribution in [3.8, 4) is 5.75 Å². The average Bonchev–Trinajstić information content (AvgIpc) is 2.87. The van der Waals surface area contributed by atoms with E-state index in [0.29, 0.717) is 12.2 Å². The Hall–Kier alpha value is -3.69. The molecule has 1 amide bonds. The number of hydrogen-bond donors (Lipinski definition) is 1. The van der Waals surface area contributed by atoms with E-state index in [-0.39, 0.29) is 18.0 Å². The number of ether oxygens (including phenoxy) is 1. The summed E-state index contributed by atoms with van der Waals surface area (Å²) in [6.07, 6.45) is 1.98. The van der Waals surface area contributed by atoms with Gasteiger partial charge in [0.25, 0.3) is 5.91 Å². The molecule has 0 aliphatic carbocycles. The van der Waals surface area contributed by atoms with Gasteiger partial charge < -0.3 is 9.64 Å². The SMILES string of the molecule is COc1ccc(S(=O)(=O)N(CCc2ccccc2)CC(=O)NN=Cc2ccc(N(C)C)cc2)cc1. The molecular formula is C26H30N4O4S. The summed E-state index contributed by atoms with van der Waals surface area (Å²) in [5.74, 6) is 0.0155. The Labute approximate surface area is 206 Å². The van der Waals surface area contributed by atoms with Crippen LogP contribution in [0.1, 0.15) is 11.1 Å². The summed E-state index contributed by atoms with van der Waals surface area (Å²) in [6, 6.07) is 23.3. The van der Waals surface area contributed by atoms with Crippen LogP contribution in [0, 0.1) is 0 Å². The Morgan fingerprint density at radius 3 is 2.23 bits per heavy atom. The zero-order valence-corrected chi connectivity index (χ0v) is 20.9. The molecule has 3 aromatic rings. The molecule has 0 bridgehead atoms. The van der Waals surface area contributed by atoms with Crippen LogP contribution >= 0.6 is 0 Å². The van der Waals surface area contributed by atoms with Gasteiger partial charge in [0.05, 0.1) is 24.8 Å². The summed E-state index contributed by atoms with van der Waals surface area (Å²) in [5.41, 5.74) is 5.26. The summed E-state index contributed by atoms with van der Waals surface area (Å²) in [5, 5.41) is 3.99. The second-order valence-electron chi connectivity index (χ2n) is 8.03. The van der Waals surface area contributed by atoms with Crippen molar-refractivity contribution in [2.75, 3.05) is 39.2 Å². The van der Waals surface area contributed by atoms with Crippen molar-refractivity contribution >= 4 is 27.8 Å². The molecule has 0 unspecified atom stereocenters. The molecular weight excluding hydrogens is 464 g/mol. The van der Waals surface area contributed by atoms with Crippen LogP contribution in [0.3, 0.4) is 0 Å². The van der Waals surface area contributed by atoms with Gasteiger partial charge in [-0.05, 0) is 53.9 Å². The van der Waals surface area contributed by atoms with Gasteiger partial charge in [0, 0.05) is 26.3 Å². The van der Waals surface area contributed by atoms with Crippen LogP contribution in [-0.2, 0) is 21.2 Å². The lowest BCUT2D eigenvalue weighted by atomic mass is 10.1. The molecule has 9 heteroatoms. The molecule has 184 valence electrons. The van der Waals surface area contributed by atoms with Crippen molar-refractivity contribution in [1.82, 2.24) is 9.73 Å². The van der Waals surface area contributed by atoms with Gasteiger partial charge in [-0.15, -0.1) is 0 Å². The van der Waals surface area contributed by atoms with Crippen molar-refractivity contribution in [3.63, 3.8) is 0 Å². The molecule has 0 atom stereocenters. The maximum atomic E-state index is 13.3. The first-order valence-electron chi connectivity index (χ1n) is 11.1. The first-order valence-corrected chi connectivity index (χ1v) is 12.5. The quantitative estimate of drug-likeness (QED) is 0.327. The van der Waals surface area contributed by atoms with E-state index in [9.17, 15) is 13.2 Å². The van der Waals surface area contributed by atoms with Gasteiger partial charge in [-0.25, -0.2) is 13.8 Å². The van der Waals surface area contributed by atoms with Gasteiger partial charge in [-0.3, -0.25) is 4.79 Å². The fourth-order valence-corrected chi connectivity index (χ4v) is 4.71. The number of hydrazone groups is 1.